The summed E-state index contributed by atoms with van der Waals surface area (Å²) in [4.78, 5) is 11.7. The van der Waals surface area contributed by atoms with Gasteiger partial charge >= 0.3 is 5.97 Å². The van der Waals surface area contributed by atoms with E-state index in [-0.39, 0.29) is 11.4 Å². The van der Waals surface area contributed by atoms with E-state index in [0.717, 1.165) is 19.3 Å². The predicted molar refractivity (Wildman–Crippen MR) is 88.0 cm³/mol. The predicted octanol–water partition coefficient (Wildman–Crippen LogP) is 5.03. The van der Waals surface area contributed by atoms with Crippen LogP contribution in [0.3, 0.4) is 0 Å². The van der Waals surface area contributed by atoms with Crippen molar-refractivity contribution in [3.63, 3.8) is 0 Å². The smallest absolute Gasteiger partial charge is 0.303 e. The Balaban J connectivity index is 2.81. The molecule has 0 bridgehead atoms. The maximum atomic E-state index is 11.2. The molecule has 114 valence electrons. The molecule has 0 aliphatic heterocycles. The lowest BCUT2D eigenvalue weighted by atomic mass is 9.66. The zero-order chi connectivity index (χ0) is 15.6. The highest BCUT2D eigenvalue weighted by atomic mass is 79.9. The molecule has 0 aromatic heterocycles. The van der Waals surface area contributed by atoms with E-state index in [2.05, 4.69) is 49.4 Å². The van der Waals surface area contributed by atoms with Gasteiger partial charge in [-0.2, -0.15) is 0 Å². The first kappa shape index (κ1) is 17.5. The maximum absolute atomic E-state index is 11.2. The topological polar surface area (TPSA) is 26.3 Å². The minimum absolute atomic E-state index is 0.205. The van der Waals surface area contributed by atoms with Crippen molar-refractivity contribution in [1.82, 2.24) is 0 Å². The summed E-state index contributed by atoms with van der Waals surface area (Å²) < 4.78 is 5.42. The molecule has 0 radical (unpaired) electrons. The summed E-state index contributed by atoms with van der Waals surface area (Å²) in [6.07, 6.45) is 6.95. The lowest BCUT2D eigenvalue weighted by molar-refractivity contribution is -0.151. The minimum atomic E-state index is -0.568. The van der Waals surface area contributed by atoms with Crippen molar-refractivity contribution >= 4 is 21.9 Å². The summed E-state index contributed by atoms with van der Waals surface area (Å²) in [6, 6.07) is 0. The fourth-order valence-electron chi connectivity index (χ4n) is 3.09. The molecule has 0 aromatic carbocycles. The van der Waals surface area contributed by atoms with Crippen molar-refractivity contribution < 1.29 is 9.53 Å². The Morgan fingerprint density at radius 2 is 2.25 bits per heavy atom. The van der Waals surface area contributed by atoms with E-state index < -0.39 is 5.60 Å². The minimum Gasteiger partial charge on any atom is -0.455 e. The van der Waals surface area contributed by atoms with E-state index in [4.69, 9.17) is 4.74 Å². The first-order valence-corrected chi connectivity index (χ1v) is 8.18. The van der Waals surface area contributed by atoms with Gasteiger partial charge in [0.2, 0.25) is 0 Å². The van der Waals surface area contributed by atoms with Crippen molar-refractivity contribution in [2.75, 3.05) is 0 Å². The molecule has 0 saturated carbocycles. The van der Waals surface area contributed by atoms with Crippen LogP contribution < -0.4 is 0 Å². The van der Waals surface area contributed by atoms with Crippen LogP contribution in [0.4, 0.5) is 0 Å². The molecule has 0 N–H and O–H groups in total. The third-order valence-corrected chi connectivity index (χ3v) is 6.19. The van der Waals surface area contributed by atoms with E-state index in [1.807, 2.05) is 6.92 Å². The van der Waals surface area contributed by atoms with Crippen LogP contribution in [0.15, 0.2) is 24.3 Å². The molecule has 0 spiro atoms. The highest BCUT2D eigenvalue weighted by Crippen LogP contribution is 2.47. The number of hydrogen-bond donors (Lipinski definition) is 0. The van der Waals surface area contributed by atoms with Gasteiger partial charge in [-0.1, -0.05) is 48.0 Å². The van der Waals surface area contributed by atoms with E-state index in [1.54, 1.807) is 6.08 Å². The number of alkyl halides is 1. The number of carbonyl (C=O) groups excluding carboxylic acids is 1. The van der Waals surface area contributed by atoms with Crippen molar-refractivity contribution in [1.29, 1.82) is 0 Å². The molecule has 1 rings (SSSR count). The molecular weight excluding hydrogens is 316 g/mol. The van der Waals surface area contributed by atoms with Crippen LogP contribution in [0, 0.1) is 11.3 Å². The summed E-state index contributed by atoms with van der Waals surface area (Å²) in [5.74, 6) is 0.247. The molecule has 0 saturated heterocycles. The Kier molecular flexibility index (Phi) is 5.65. The molecule has 0 heterocycles. The molecule has 0 amide bonds. The van der Waals surface area contributed by atoms with Crippen LogP contribution in [0.2, 0.25) is 0 Å². The van der Waals surface area contributed by atoms with Crippen LogP contribution in [0.1, 0.15) is 53.9 Å². The number of esters is 1. The zero-order valence-electron chi connectivity index (χ0n) is 13.3. The third kappa shape index (κ3) is 3.97. The molecule has 2 nitrogen and oxygen atoms in total. The van der Waals surface area contributed by atoms with Gasteiger partial charge < -0.3 is 4.74 Å². The van der Waals surface area contributed by atoms with E-state index in [0.29, 0.717) is 10.7 Å². The summed E-state index contributed by atoms with van der Waals surface area (Å²) in [6.45, 7) is 14.0. The fourth-order valence-corrected chi connectivity index (χ4v) is 3.60. The maximum Gasteiger partial charge on any atom is 0.303 e. The van der Waals surface area contributed by atoms with Gasteiger partial charge in [0.1, 0.15) is 5.60 Å². The number of hydrogen-bond acceptors (Lipinski definition) is 2. The van der Waals surface area contributed by atoms with Gasteiger partial charge in [-0.3, -0.25) is 4.79 Å². The van der Waals surface area contributed by atoms with E-state index in [1.165, 1.54) is 12.5 Å². The third-order valence-electron chi connectivity index (χ3n) is 4.64. The van der Waals surface area contributed by atoms with Crippen molar-refractivity contribution in [3.8, 4) is 0 Å². The van der Waals surface area contributed by atoms with Gasteiger partial charge in [-0.05, 0) is 50.5 Å². The van der Waals surface area contributed by atoms with Crippen molar-refractivity contribution in [2.24, 2.45) is 11.3 Å². The first-order valence-electron chi connectivity index (χ1n) is 7.26. The van der Waals surface area contributed by atoms with Crippen LogP contribution in [-0.4, -0.2) is 16.4 Å². The number of carbonyl (C=O) groups is 1. The van der Waals surface area contributed by atoms with Gasteiger partial charge in [-0.15, -0.1) is 0 Å². The summed E-state index contributed by atoms with van der Waals surface area (Å²) in [5.41, 5.74) is 1.08. The number of rotatable bonds is 5. The number of halogens is 1. The molecule has 0 aromatic rings. The zero-order valence-corrected chi connectivity index (χ0v) is 14.9. The second-order valence-electron chi connectivity index (χ2n) is 6.67. The van der Waals surface area contributed by atoms with Gasteiger partial charge in [0, 0.05) is 11.8 Å². The molecular formula is C17H27BrO2. The Bertz CT molecular complexity index is 411. The monoisotopic (exact) mass is 342 g/mol. The van der Waals surface area contributed by atoms with E-state index >= 15 is 0 Å². The Labute approximate surface area is 131 Å². The largest absolute Gasteiger partial charge is 0.455 e. The Morgan fingerprint density at radius 3 is 2.75 bits per heavy atom. The molecule has 3 atom stereocenters. The average Bonchev–Trinajstić information content (AvgIpc) is 2.33. The molecule has 1 aliphatic carbocycles. The van der Waals surface area contributed by atoms with Crippen LogP contribution in [0.25, 0.3) is 0 Å². The fraction of sp³-hybridized carbons (Fsp3) is 0.706. The first-order chi connectivity index (χ1) is 9.12. The van der Waals surface area contributed by atoms with Gasteiger partial charge in [0.25, 0.3) is 0 Å². The number of allylic oxidation sites excluding steroid dienone is 2. The summed E-state index contributed by atoms with van der Waals surface area (Å²) in [7, 11) is 0. The van der Waals surface area contributed by atoms with Crippen LogP contribution in [0.5, 0.6) is 0 Å². The standard InChI is InChI=1S/C17H27BrO2/c1-7-17(6,20-13(3)19)11-10-14-12(2)8-9-15(18)16(14,4)5/h7-8,14-15H,1,9-11H2,2-6H3/t14-,15-,17-/m1/s1. The average molecular weight is 343 g/mol. The SMILES string of the molecule is C=C[C@](C)(CC[C@@H]1C(C)=CC[C@@H](Br)C1(C)C)OC(C)=O. The second kappa shape index (κ2) is 6.46. The quantitative estimate of drug-likeness (QED) is 0.398. The second-order valence-corrected chi connectivity index (χ2v) is 7.78. The van der Waals surface area contributed by atoms with Crippen LogP contribution >= 0.6 is 15.9 Å². The lowest BCUT2D eigenvalue weighted by Gasteiger charge is -2.43. The Morgan fingerprint density at radius 1 is 1.65 bits per heavy atom. The summed E-state index contributed by atoms with van der Waals surface area (Å²) in [5, 5.41) is 0. The molecule has 0 fully saturated rings. The van der Waals surface area contributed by atoms with Gasteiger partial charge in [-0.25, -0.2) is 0 Å². The van der Waals surface area contributed by atoms with Gasteiger partial charge in [0.15, 0.2) is 0 Å². The van der Waals surface area contributed by atoms with Crippen LogP contribution in [-0.2, 0) is 9.53 Å². The molecule has 1 aliphatic rings. The highest BCUT2D eigenvalue weighted by Gasteiger charge is 2.40. The van der Waals surface area contributed by atoms with E-state index in [9.17, 15) is 4.79 Å². The van der Waals surface area contributed by atoms with Crippen molar-refractivity contribution in [3.05, 3.63) is 24.3 Å². The molecule has 0 unspecified atom stereocenters. The normalized spacial score (nSPS) is 28.2. The highest BCUT2D eigenvalue weighted by molar-refractivity contribution is 9.09. The number of ether oxygens (including phenoxy) is 1. The molecule has 20 heavy (non-hydrogen) atoms. The van der Waals surface area contributed by atoms with Crippen molar-refractivity contribution in [2.45, 2.75) is 64.3 Å². The van der Waals surface area contributed by atoms with Gasteiger partial charge in [0.05, 0.1) is 0 Å². The lowest BCUT2D eigenvalue weighted by Crippen LogP contribution is -2.38. The Hall–Kier alpha value is -0.570. The summed E-state index contributed by atoms with van der Waals surface area (Å²) >= 11 is 3.81. The molecule has 3 heteroatoms.